The fraction of sp³-hybridized carbons (Fsp3) is 0.273. The second-order valence-corrected chi connectivity index (χ2v) is 6.50. The summed E-state index contributed by atoms with van der Waals surface area (Å²) in [5, 5.41) is 3.72. The van der Waals surface area contributed by atoms with E-state index in [0.717, 1.165) is 22.3 Å². The molecule has 0 fully saturated rings. The van der Waals surface area contributed by atoms with E-state index < -0.39 is 0 Å². The average Bonchev–Trinajstić information content (AvgIpc) is 2.65. The van der Waals surface area contributed by atoms with Gasteiger partial charge in [-0.3, -0.25) is 4.79 Å². The summed E-state index contributed by atoms with van der Waals surface area (Å²) in [6, 6.07) is 15.2. The summed E-state index contributed by atoms with van der Waals surface area (Å²) in [6.45, 7) is 4.66. The Morgan fingerprint density at radius 1 is 1.11 bits per heavy atom. The first-order chi connectivity index (χ1) is 13.0. The molecule has 0 aliphatic carbocycles. The molecule has 0 unspecified atom stereocenters. The molecule has 0 spiro atoms. The van der Waals surface area contributed by atoms with Gasteiger partial charge in [0.2, 0.25) is 5.91 Å². The van der Waals surface area contributed by atoms with Gasteiger partial charge >= 0.3 is 5.63 Å². The Labute approximate surface area is 158 Å². The van der Waals surface area contributed by atoms with Gasteiger partial charge in [-0.1, -0.05) is 30.3 Å². The number of para-hydroxylation sites is 1. The Morgan fingerprint density at radius 2 is 1.89 bits per heavy atom. The van der Waals surface area contributed by atoms with E-state index in [-0.39, 0.29) is 18.0 Å². The van der Waals surface area contributed by atoms with Gasteiger partial charge in [0.15, 0.2) is 0 Å². The molecule has 0 saturated carbocycles. The predicted molar refractivity (Wildman–Crippen MR) is 105 cm³/mol. The molecule has 0 atom stereocenters. The van der Waals surface area contributed by atoms with Gasteiger partial charge in [0.25, 0.3) is 0 Å². The van der Waals surface area contributed by atoms with Crippen LogP contribution in [-0.4, -0.2) is 19.1 Å². The minimum absolute atomic E-state index is 0.116. The van der Waals surface area contributed by atoms with Gasteiger partial charge in [-0.15, -0.1) is 0 Å². The summed E-state index contributed by atoms with van der Waals surface area (Å²) >= 11 is 0. The minimum atomic E-state index is -0.370. The van der Waals surface area contributed by atoms with E-state index in [9.17, 15) is 9.59 Å². The minimum Gasteiger partial charge on any atom is -0.492 e. The van der Waals surface area contributed by atoms with Crippen molar-refractivity contribution in [3.63, 3.8) is 0 Å². The highest BCUT2D eigenvalue weighted by Crippen LogP contribution is 2.21. The maximum absolute atomic E-state index is 12.3. The molecule has 0 radical (unpaired) electrons. The first-order valence-electron chi connectivity index (χ1n) is 9.02. The number of aryl methyl sites for hydroxylation is 2. The number of ether oxygens (including phenoxy) is 1. The lowest BCUT2D eigenvalue weighted by molar-refractivity contribution is -0.121. The highest BCUT2D eigenvalue weighted by atomic mass is 16.5. The zero-order chi connectivity index (χ0) is 19.2. The molecule has 5 nitrogen and oxygen atoms in total. The topological polar surface area (TPSA) is 68.5 Å². The summed E-state index contributed by atoms with van der Waals surface area (Å²) in [6.07, 6.45) is 0.581. The van der Waals surface area contributed by atoms with Crippen molar-refractivity contribution in [2.75, 3.05) is 13.2 Å². The van der Waals surface area contributed by atoms with Crippen LogP contribution in [0.25, 0.3) is 11.0 Å². The molecule has 1 amide bonds. The number of carbonyl (C=O) groups excluding carboxylic acids is 1. The van der Waals surface area contributed by atoms with E-state index in [1.807, 2.05) is 62.4 Å². The average molecular weight is 365 g/mol. The van der Waals surface area contributed by atoms with Gasteiger partial charge in [0.1, 0.15) is 17.9 Å². The Morgan fingerprint density at radius 3 is 2.67 bits per heavy atom. The van der Waals surface area contributed by atoms with E-state index in [4.69, 9.17) is 9.15 Å². The van der Waals surface area contributed by atoms with Crippen molar-refractivity contribution in [2.24, 2.45) is 0 Å². The maximum atomic E-state index is 12.3. The van der Waals surface area contributed by atoms with Crippen molar-refractivity contribution in [1.29, 1.82) is 0 Å². The fourth-order valence-corrected chi connectivity index (χ4v) is 2.99. The second kappa shape index (κ2) is 8.54. The molecule has 140 valence electrons. The SMILES string of the molecule is Cc1ccc2c(C)c(CCC(=O)NCCOc3ccccc3)c(=O)oc2c1. The molecule has 5 heteroatoms. The highest BCUT2D eigenvalue weighted by molar-refractivity contribution is 5.82. The van der Waals surface area contributed by atoms with E-state index in [0.29, 0.717) is 30.7 Å². The normalized spacial score (nSPS) is 10.7. The quantitative estimate of drug-likeness (QED) is 0.514. The summed E-state index contributed by atoms with van der Waals surface area (Å²) < 4.78 is 11.0. The summed E-state index contributed by atoms with van der Waals surface area (Å²) in [5.74, 6) is 0.654. The third-order valence-corrected chi connectivity index (χ3v) is 4.48. The van der Waals surface area contributed by atoms with Crippen LogP contribution in [0.15, 0.2) is 57.7 Å². The van der Waals surface area contributed by atoms with Crippen molar-refractivity contribution >= 4 is 16.9 Å². The monoisotopic (exact) mass is 365 g/mol. The number of hydrogen-bond acceptors (Lipinski definition) is 4. The van der Waals surface area contributed by atoms with Crippen molar-refractivity contribution in [1.82, 2.24) is 5.32 Å². The van der Waals surface area contributed by atoms with E-state index in [2.05, 4.69) is 5.32 Å². The van der Waals surface area contributed by atoms with Gasteiger partial charge in [-0.25, -0.2) is 4.79 Å². The molecule has 1 heterocycles. The molecule has 3 aromatic rings. The summed E-state index contributed by atoms with van der Waals surface area (Å²) in [4.78, 5) is 24.3. The first-order valence-corrected chi connectivity index (χ1v) is 9.02. The summed E-state index contributed by atoms with van der Waals surface area (Å²) in [7, 11) is 0. The molecule has 0 saturated heterocycles. The molecular weight excluding hydrogens is 342 g/mol. The predicted octanol–water partition coefficient (Wildman–Crippen LogP) is 3.54. The van der Waals surface area contributed by atoms with Gasteiger partial charge in [-0.05, 0) is 49.6 Å². The zero-order valence-corrected chi connectivity index (χ0v) is 15.6. The van der Waals surface area contributed by atoms with Crippen molar-refractivity contribution in [3.05, 3.63) is 75.6 Å². The molecule has 2 aromatic carbocycles. The molecule has 27 heavy (non-hydrogen) atoms. The van der Waals surface area contributed by atoms with Crippen molar-refractivity contribution < 1.29 is 13.9 Å². The number of fused-ring (bicyclic) bond motifs is 1. The zero-order valence-electron chi connectivity index (χ0n) is 15.6. The number of rotatable bonds is 7. The third kappa shape index (κ3) is 4.76. The Balaban J connectivity index is 1.54. The van der Waals surface area contributed by atoms with Crippen LogP contribution in [-0.2, 0) is 11.2 Å². The number of carbonyl (C=O) groups is 1. The molecular formula is C22H23NO4. The van der Waals surface area contributed by atoms with Crippen LogP contribution in [0, 0.1) is 13.8 Å². The maximum Gasteiger partial charge on any atom is 0.339 e. The van der Waals surface area contributed by atoms with Crippen molar-refractivity contribution in [2.45, 2.75) is 26.7 Å². The Hall–Kier alpha value is -3.08. The molecule has 0 bridgehead atoms. The Kier molecular flexibility index (Phi) is 5.91. The van der Waals surface area contributed by atoms with E-state index in [1.165, 1.54) is 0 Å². The molecule has 3 rings (SSSR count). The van der Waals surface area contributed by atoms with Crippen LogP contribution in [0.3, 0.4) is 0 Å². The van der Waals surface area contributed by atoms with Crippen molar-refractivity contribution in [3.8, 4) is 5.75 Å². The lowest BCUT2D eigenvalue weighted by Crippen LogP contribution is -2.28. The fourth-order valence-electron chi connectivity index (χ4n) is 2.99. The number of amides is 1. The van der Waals surface area contributed by atoms with Crippen LogP contribution >= 0.6 is 0 Å². The van der Waals surface area contributed by atoms with Crippen LogP contribution in [0.4, 0.5) is 0 Å². The van der Waals surface area contributed by atoms with E-state index >= 15 is 0 Å². The largest absolute Gasteiger partial charge is 0.492 e. The molecule has 0 aliphatic rings. The molecule has 0 aliphatic heterocycles. The van der Waals surface area contributed by atoms with Gasteiger partial charge in [0.05, 0.1) is 6.54 Å². The second-order valence-electron chi connectivity index (χ2n) is 6.50. The van der Waals surface area contributed by atoms with Crippen LogP contribution in [0.2, 0.25) is 0 Å². The highest BCUT2D eigenvalue weighted by Gasteiger charge is 2.13. The number of benzene rings is 2. The number of hydrogen-bond donors (Lipinski definition) is 1. The Bertz CT molecular complexity index is 992. The van der Waals surface area contributed by atoms with Crippen LogP contribution < -0.4 is 15.7 Å². The summed E-state index contributed by atoms with van der Waals surface area (Å²) in [5.41, 5.74) is 2.69. The van der Waals surface area contributed by atoms with Gasteiger partial charge < -0.3 is 14.5 Å². The lowest BCUT2D eigenvalue weighted by Gasteiger charge is -2.09. The van der Waals surface area contributed by atoms with Crippen LogP contribution in [0.1, 0.15) is 23.1 Å². The first kappa shape index (κ1) is 18.7. The third-order valence-electron chi connectivity index (χ3n) is 4.48. The van der Waals surface area contributed by atoms with Gasteiger partial charge in [0, 0.05) is 17.4 Å². The van der Waals surface area contributed by atoms with Crippen LogP contribution in [0.5, 0.6) is 5.75 Å². The molecule has 1 N–H and O–H groups in total. The molecule has 1 aromatic heterocycles. The van der Waals surface area contributed by atoms with Gasteiger partial charge in [-0.2, -0.15) is 0 Å². The lowest BCUT2D eigenvalue weighted by atomic mass is 10.0. The van der Waals surface area contributed by atoms with E-state index in [1.54, 1.807) is 0 Å². The smallest absolute Gasteiger partial charge is 0.339 e. The standard InChI is InChI=1S/C22H23NO4/c1-15-8-9-18-16(2)19(22(25)27-20(18)14-15)10-11-21(24)23-12-13-26-17-6-4-3-5-7-17/h3-9,14H,10-13H2,1-2H3,(H,23,24). The number of nitrogens with one attached hydrogen (secondary N) is 1.